The van der Waals surface area contributed by atoms with E-state index >= 15 is 0 Å². The molecule has 5 aliphatic rings. The van der Waals surface area contributed by atoms with Gasteiger partial charge in [0, 0.05) is 5.41 Å². The number of benzene rings is 1. The van der Waals surface area contributed by atoms with Crippen LogP contribution in [0.5, 0.6) is 0 Å². The molecule has 0 amide bonds. The van der Waals surface area contributed by atoms with Crippen molar-refractivity contribution in [2.75, 3.05) is 6.61 Å². The van der Waals surface area contributed by atoms with E-state index in [2.05, 4.69) is 60.6 Å². The van der Waals surface area contributed by atoms with Crippen LogP contribution in [0.1, 0.15) is 117 Å². The van der Waals surface area contributed by atoms with E-state index in [0.29, 0.717) is 45.7 Å². The van der Waals surface area contributed by atoms with Crippen molar-refractivity contribution in [2.45, 2.75) is 106 Å². The molecule has 39 heavy (non-hydrogen) atoms. The molecule has 0 bridgehead atoms. The molecule has 4 saturated carbocycles. The van der Waals surface area contributed by atoms with Crippen LogP contribution in [-0.2, 0) is 4.74 Å². The lowest BCUT2D eigenvalue weighted by atomic mass is 9.33. The van der Waals surface area contributed by atoms with Crippen molar-refractivity contribution in [3.05, 3.63) is 48.0 Å². The molecule has 0 aromatic heterocycles. The highest BCUT2D eigenvalue weighted by Gasteiger charge is 2.70. The molecule has 0 N–H and O–H groups in total. The molecule has 1 aromatic rings. The fraction of sp³-hybridized carbons (Fsp3) is 0.757. The highest BCUT2D eigenvalue weighted by atomic mass is 16.5. The first kappa shape index (κ1) is 27.6. The summed E-state index contributed by atoms with van der Waals surface area (Å²) in [5.74, 6) is 4.30. The lowest BCUT2D eigenvalue weighted by molar-refractivity contribution is -0.231. The molecular weight excluding hydrogens is 476 g/mol. The van der Waals surface area contributed by atoms with Gasteiger partial charge in [-0.1, -0.05) is 78.8 Å². The quantitative estimate of drug-likeness (QED) is 0.286. The number of esters is 1. The molecule has 9 atom stereocenters. The minimum atomic E-state index is -0.139. The van der Waals surface area contributed by atoms with E-state index in [-0.39, 0.29) is 11.4 Å². The van der Waals surface area contributed by atoms with Crippen LogP contribution >= 0.6 is 0 Å². The summed E-state index contributed by atoms with van der Waals surface area (Å²) in [5.41, 5.74) is 2.32. The van der Waals surface area contributed by atoms with Crippen LogP contribution in [0, 0.1) is 62.6 Å². The molecule has 5 aliphatic carbocycles. The predicted molar refractivity (Wildman–Crippen MR) is 160 cm³/mol. The van der Waals surface area contributed by atoms with E-state index in [0.717, 1.165) is 23.7 Å². The van der Waals surface area contributed by atoms with Gasteiger partial charge in [-0.05, 0) is 127 Å². The Hall–Kier alpha value is -1.57. The summed E-state index contributed by atoms with van der Waals surface area (Å²) in [6, 6.07) is 9.62. The smallest absolute Gasteiger partial charge is 0.338 e. The van der Waals surface area contributed by atoms with Crippen molar-refractivity contribution in [2.24, 2.45) is 62.6 Å². The lowest BCUT2D eigenvalue weighted by Crippen LogP contribution is -2.65. The molecule has 214 valence electrons. The molecule has 0 unspecified atom stereocenters. The number of carbonyl (C=O) groups excluding carboxylic acids is 1. The third-order valence-corrected chi connectivity index (χ3v) is 14.3. The van der Waals surface area contributed by atoms with Crippen LogP contribution in [0.3, 0.4) is 0 Å². The Kier molecular flexibility index (Phi) is 6.52. The summed E-state index contributed by atoms with van der Waals surface area (Å²) in [7, 11) is 0. The third kappa shape index (κ3) is 3.89. The van der Waals surface area contributed by atoms with Gasteiger partial charge in [0.2, 0.25) is 0 Å². The number of fused-ring (bicyclic) bond motifs is 7. The first-order valence-electron chi connectivity index (χ1n) is 16.3. The van der Waals surface area contributed by atoms with Crippen molar-refractivity contribution in [3.63, 3.8) is 0 Å². The first-order valence-corrected chi connectivity index (χ1v) is 16.3. The van der Waals surface area contributed by atoms with E-state index in [1.807, 2.05) is 30.3 Å². The van der Waals surface area contributed by atoms with Gasteiger partial charge in [0.1, 0.15) is 0 Å². The van der Waals surface area contributed by atoms with Gasteiger partial charge in [-0.25, -0.2) is 4.79 Å². The van der Waals surface area contributed by atoms with Gasteiger partial charge >= 0.3 is 5.97 Å². The zero-order valence-electron chi connectivity index (χ0n) is 25.9. The topological polar surface area (TPSA) is 26.3 Å². The van der Waals surface area contributed by atoms with E-state index < -0.39 is 0 Å². The number of hydrogen-bond donors (Lipinski definition) is 0. The Labute approximate surface area is 238 Å². The fourth-order valence-electron chi connectivity index (χ4n) is 12.3. The average Bonchev–Trinajstić information content (AvgIpc) is 3.28. The minimum Gasteiger partial charge on any atom is -0.461 e. The van der Waals surface area contributed by atoms with Gasteiger partial charge in [0.15, 0.2) is 0 Å². The number of ether oxygens (including phenoxy) is 1. The predicted octanol–water partition coefficient (Wildman–Crippen LogP) is 9.75. The standard InChI is InChI=1S/C37H54O2/c1-25(2)27-16-21-37(24-39-32(38)26-12-9-8-10-13-26)23-22-35(6)28(31(27)37)14-15-30-34(5)19-11-18-33(3,4)29(34)17-20-36(30,35)7/h8-13,18,25,27-31H,14-17,19-24H2,1-7H3/t27-,28+,29-,30+,31+,34-,35+,36+,37+/m0/s1. The van der Waals surface area contributed by atoms with Crippen molar-refractivity contribution in [3.8, 4) is 0 Å². The van der Waals surface area contributed by atoms with Crippen LogP contribution in [0.25, 0.3) is 0 Å². The van der Waals surface area contributed by atoms with Crippen LogP contribution < -0.4 is 0 Å². The Morgan fingerprint density at radius 3 is 2.33 bits per heavy atom. The molecule has 2 nitrogen and oxygen atoms in total. The number of rotatable bonds is 4. The summed E-state index contributed by atoms with van der Waals surface area (Å²) >= 11 is 0. The second-order valence-corrected chi connectivity index (χ2v) is 16.4. The van der Waals surface area contributed by atoms with E-state index in [1.54, 1.807) is 0 Å². The van der Waals surface area contributed by atoms with E-state index in [1.165, 1.54) is 57.8 Å². The van der Waals surface area contributed by atoms with Crippen LogP contribution in [0.2, 0.25) is 0 Å². The average molecular weight is 531 g/mol. The van der Waals surface area contributed by atoms with Gasteiger partial charge in [0.25, 0.3) is 0 Å². The molecule has 2 heteroatoms. The Balaban J connectivity index is 1.32. The van der Waals surface area contributed by atoms with E-state index in [9.17, 15) is 4.79 Å². The van der Waals surface area contributed by atoms with Crippen LogP contribution in [0.4, 0.5) is 0 Å². The van der Waals surface area contributed by atoms with Crippen molar-refractivity contribution in [1.29, 1.82) is 0 Å². The van der Waals surface area contributed by atoms with Crippen molar-refractivity contribution >= 4 is 5.97 Å². The number of allylic oxidation sites excluding steroid dienone is 2. The molecule has 0 spiro atoms. The molecule has 0 saturated heterocycles. The summed E-state index contributed by atoms with van der Waals surface area (Å²) in [6.07, 6.45) is 16.9. The number of hydrogen-bond acceptors (Lipinski definition) is 2. The molecule has 0 radical (unpaired) electrons. The van der Waals surface area contributed by atoms with Gasteiger partial charge in [-0.15, -0.1) is 0 Å². The largest absolute Gasteiger partial charge is 0.461 e. The maximum absolute atomic E-state index is 13.1. The molecule has 4 fully saturated rings. The zero-order chi connectivity index (χ0) is 27.8. The van der Waals surface area contributed by atoms with Gasteiger partial charge in [-0.3, -0.25) is 0 Å². The Bertz CT molecular complexity index is 1120. The van der Waals surface area contributed by atoms with Gasteiger partial charge in [-0.2, -0.15) is 0 Å². The monoisotopic (exact) mass is 530 g/mol. The van der Waals surface area contributed by atoms with Gasteiger partial charge in [0.05, 0.1) is 12.2 Å². The summed E-state index contributed by atoms with van der Waals surface area (Å²) in [4.78, 5) is 13.1. The molecule has 6 rings (SSSR count). The second kappa shape index (κ2) is 9.22. The van der Waals surface area contributed by atoms with Gasteiger partial charge < -0.3 is 4.74 Å². The van der Waals surface area contributed by atoms with Crippen LogP contribution in [-0.4, -0.2) is 12.6 Å². The maximum Gasteiger partial charge on any atom is 0.338 e. The minimum absolute atomic E-state index is 0.139. The maximum atomic E-state index is 13.1. The highest BCUT2D eigenvalue weighted by molar-refractivity contribution is 5.89. The lowest BCUT2D eigenvalue weighted by Gasteiger charge is -2.72. The Morgan fingerprint density at radius 1 is 0.872 bits per heavy atom. The molecule has 1 aromatic carbocycles. The van der Waals surface area contributed by atoms with E-state index in [4.69, 9.17) is 4.74 Å². The zero-order valence-corrected chi connectivity index (χ0v) is 25.9. The molecule has 0 heterocycles. The number of carbonyl (C=O) groups is 1. The van der Waals surface area contributed by atoms with Crippen LogP contribution in [0.15, 0.2) is 42.5 Å². The summed E-state index contributed by atoms with van der Waals surface area (Å²) in [6.45, 7) is 18.7. The first-order chi connectivity index (χ1) is 18.4. The fourth-order valence-corrected chi connectivity index (χ4v) is 12.3. The second-order valence-electron chi connectivity index (χ2n) is 16.4. The normalized spacial score (nSPS) is 46.1. The summed E-state index contributed by atoms with van der Waals surface area (Å²) < 4.78 is 6.21. The SMILES string of the molecule is CC(C)[C@@H]1CC[C@]2(COC(=O)c3ccccc3)CC[C@]3(C)[C@H](CC[C@@H]4[C@@]5(C)CC=CC(C)(C)[C@@H]5CC[C@]43C)[C@@H]12. The third-order valence-electron chi connectivity index (χ3n) is 14.3. The highest BCUT2D eigenvalue weighted by Crippen LogP contribution is 2.77. The molecule has 0 aliphatic heterocycles. The summed E-state index contributed by atoms with van der Waals surface area (Å²) in [5, 5.41) is 0. The molecular formula is C37H54O2. The van der Waals surface area contributed by atoms with Crippen molar-refractivity contribution in [1.82, 2.24) is 0 Å². The Morgan fingerprint density at radius 2 is 1.62 bits per heavy atom. The van der Waals surface area contributed by atoms with Crippen molar-refractivity contribution < 1.29 is 9.53 Å².